The van der Waals surface area contributed by atoms with E-state index in [0.717, 1.165) is 6.07 Å². The van der Waals surface area contributed by atoms with E-state index in [1.165, 1.54) is 40.7 Å². The second kappa shape index (κ2) is 7.44. The Labute approximate surface area is 161 Å². The van der Waals surface area contributed by atoms with E-state index in [0.29, 0.717) is 5.02 Å². The van der Waals surface area contributed by atoms with Gasteiger partial charge in [0.05, 0.1) is 30.1 Å². The third-order valence-electron chi connectivity index (χ3n) is 4.39. The van der Waals surface area contributed by atoms with Crippen molar-refractivity contribution in [3.63, 3.8) is 0 Å². The number of benzene rings is 2. The predicted molar refractivity (Wildman–Crippen MR) is 97.9 cm³/mol. The number of aliphatic hydroxyl groups is 1. The van der Waals surface area contributed by atoms with Crippen molar-refractivity contribution in [2.24, 2.45) is 5.41 Å². The SMILES string of the molecule is [C-]#[N+]c1ccc(OCC2(CO)CN(S(=O)(=O)c3ccc(Cl)cc3)C2)cc1F. The van der Waals surface area contributed by atoms with E-state index in [4.69, 9.17) is 22.9 Å². The van der Waals surface area contributed by atoms with Crippen molar-refractivity contribution in [2.75, 3.05) is 26.3 Å². The maximum Gasteiger partial charge on any atom is 0.243 e. The number of aliphatic hydroxyl groups excluding tert-OH is 1. The summed E-state index contributed by atoms with van der Waals surface area (Å²) in [4.78, 5) is 3.15. The van der Waals surface area contributed by atoms with Gasteiger partial charge in [0.2, 0.25) is 15.7 Å². The molecule has 0 amide bonds. The maximum atomic E-state index is 13.6. The minimum Gasteiger partial charge on any atom is -0.493 e. The van der Waals surface area contributed by atoms with Gasteiger partial charge in [-0.05, 0) is 36.4 Å². The van der Waals surface area contributed by atoms with Gasteiger partial charge in [-0.3, -0.25) is 0 Å². The monoisotopic (exact) mass is 410 g/mol. The highest BCUT2D eigenvalue weighted by molar-refractivity contribution is 7.89. The number of nitrogens with zero attached hydrogens (tertiary/aromatic N) is 2. The molecule has 1 N–H and O–H groups in total. The molecule has 1 fully saturated rings. The van der Waals surface area contributed by atoms with Gasteiger partial charge in [-0.2, -0.15) is 4.31 Å². The molecule has 0 spiro atoms. The zero-order chi connectivity index (χ0) is 19.7. The Morgan fingerprint density at radius 2 is 1.93 bits per heavy atom. The Hall–Kier alpha value is -2.18. The van der Waals surface area contributed by atoms with Gasteiger partial charge in [0.25, 0.3) is 0 Å². The van der Waals surface area contributed by atoms with Crippen LogP contribution < -0.4 is 4.74 Å². The van der Waals surface area contributed by atoms with E-state index in [1.807, 2.05) is 0 Å². The predicted octanol–water partition coefficient (Wildman–Crippen LogP) is 3.09. The molecular formula is C18H16ClFN2O4S. The molecule has 0 unspecified atom stereocenters. The second-order valence-electron chi connectivity index (χ2n) is 6.40. The highest BCUT2D eigenvalue weighted by atomic mass is 35.5. The average Bonchev–Trinajstić information content (AvgIpc) is 2.61. The summed E-state index contributed by atoms with van der Waals surface area (Å²) in [7, 11) is -3.68. The molecule has 0 radical (unpaired) electrons. The van der Waals surface area contributed by atoms with Gasteiger partial charge in [0, 0.05) is 24.2 Å². The van der Waals surface area contributed by atoms with E-state index in [2.05, 4.69) is 4.85 Å². The Morgan fingerprint density at radius 1 is 1.26 bits per heavy atom. The summed E-state index contributed by atoms with van der Waals surface area (Å²) in [5, 5.41) is 10.1. The smallest absolute Gasteiger partial charge is 0.243 e. The summed E-state index contributed by atoms with van der Waals surface area (Å²) in [6, 6.07) is 9.71. The van der Waals surface area contributed by atoms with Crippen LogP contribution in [0.1, 0.15) is 0 Å². The minimum absolute atomic E-state index is 0.0208. The molecule has 2 aromatic carbocycles. The average molecular weight is 411 g/mol. The number of ether oxygens (including phenoxy) is 1. The van der Waals surface area contributed by atoms with Crippen LogP contribution in [0.4, 0.5) is 10.1 Å². The van der Waals surface area contributed by atoms with E-state index in [9.17, 15) is 17.9 Å². The molecule has 0 saturated carbocycles. The molecule has 1 aliphatic heterocycles. The highest BCUT2D eigenvalue weighted by Gasteiger charge is 2.48. The molecule has 9 heteroatoms. The quantitative estimate of drug-likeness (QED) is 0.743. The van der Waals surface area contributed by atoms with Crippen LogP contribution in [0.2, 0.25) is 5.02 Å². The van der Waals surface area contributed by atoms with Crippen LogP contribution in [0.25, 0.3) is 4.85 Å². The first-order valence-corrected chi connectivity index (χ1v) is 9.78. The third kappa shape index (κ3) is 3.92. The van der Waals surface area contributed by atoms with Gasteiger partial charge in [-0.1, -0.05) is 11.6 Å². The lowest BCUT2D eigenvalue weighted by molar-refractivity contribution is -0.0273. The second-order valence-corrected chi connectivity index (χ2v) is 8.77. The van der Waals surface area contributed by atoms with Crippen LogP contribution in [-0.2, 0) is 10.0 Å². The van der Waals surface area contributed by atoms with Crippen LogP contribution in [0.3, 0.4) is 0 Å². The number of sulfonamides is 1. The van der Waals surface area contributed by atoms with Gasteiger partial charge in [0.1, 0.15) is 11.6 Å². The van der Waals surface area contributed by atoms with E-state index in [1.54, 1.807) is 0 Å². The Balaban J connectivity index is 1.66. The lowest BCUT2D eigenvalue weighted by Gasteiger charge is -2.47. The van der Waals surface area contributed by atoms with Crippen LogP contribution >= 0.6 is 11.6 Å². The standard InChI is InChI=1S/C18H16ClFN2O4S/c1-21-17-7-4-14(8-16(17)20)26-12-18(11-23)9-22(10-18)27(24,25)15-5-2-13(19)3-6-15/h2-8,23H,9-12H2. The molecule has 142 valence electrons. The fourth-order valence-corrected chi connectivity index (χ4v) is 4.56. The van der Waals surface area contributed by atoms with E-state index in [-0.39, 0.29) is 42.6 Å². The topological polar surface area (TPSA) is 71.2 Å². The molecule has 3 rings (SSSR count). The Bertz CT molecular complexity index is 983. The molecule has 0 aliphatic carbocycles. The largest absolute Gasteiger partial charge is 0.493 e. The van der Waals surface area contributed by atoms with Gasteiger partial charge in [0.15, 0.2) is 0 Å². The van der Waals surface area contributed by atoms with Crippen LogP contribution in [-0.4, -0.2) is 44.1 Å². The Morgan fingerprint density at radius 3 is 2.48 bits per heavy atom. The van der Waals surface area contributed by atoms with Gasteiger partial charge < -0.3 is 9.84 Å². The summed E-state index contributed by atoms with van der Waals surface area (Å²) in [5.74, 6) is -0.479. The van der Waals surface area contributed by atoms with Crippen molar-refractivity contribution in [2.45, 2.75) is 4.90 Å². The first-order valence-electron chi connectivity index (χ1n) is 7.96. The number of hydrogen-bond donors (Lipinski definition) is 1. The molecule has 1 heterocycles. The summed E-state index contributed by atoms with van der Waals surface area (Å²) in [6.07, 6.45) is 0. The number of hydrogen-bond acceptors (Lipinski definition) is 4. The first-order chi connectivity index (χ1) is 12.8. The minimum atomic E-state index is -3.68. The lowest BCUT2D eigenvalue weighted by Crippen LogP contribution is -2.62. The fraction of sp³-hybridized carbons (Fsp3) is 0.278. The molecular weight excluding hydrogens is 395 g/mol. The normalized spacial score (nSPS) is 16.4. The molecule has 0 bridgehead atoms. The summed E-state index contributed by atoms with van der Waals surface area (Å²) in [6.45, 7) is 6.74. The summed E-state index contributed by atoms with van der Waals surface area (Å²) < 4.78 is 45.6. The van der Waals surface area contributed by atoms with E-state index >= 15 is 0 Å². The molecule has 6 nitrogen and oxygen atoms in total. The van der Waals surface area contributed by atoms with Crippen molar-refractivity contribution in [3.8, 4) is 5.75 Å². The molecule has 1 aliphatic rings. The van der Waals surface area contributed by atoms with Gasteiger partial charge >= 0.3 is 0 Å². The van der Waals surface area contributed by atoms with Crippen LogP contribution in [0.15, 0.2) is 47.4 Å². The molecule has 0 aromatic heterocycles. The molecule has 1 saturated heterocycles. The lowest BCUT2D eigenvalue weighted by atomic mass is 9.83. The van der Waals surface area contributed by atoms with Crippen molar-refractivity contribution in [1.82, 2.24) is 4.31 Å². The van der Waals surface area contributed by atoms with Crippen molar-refractivity contribution in [3.05, 3.63) is 64.7 Å². The summed E-state index contributed by atoms with van der Waals surface area (Å²) >= 11 is 5.79. The number of halogens is 2. The first kappa shape index (κ1) is 19.6. The van der Waals surface area contributed by atoms with Crippen LogP contribution in [0, 0.1) is 17.8 Å². The molecule has 0 atom stereocenters. The highest BCUT2D eigenvalue weighted by Crippen LogP contribution is 2.36. The van der Waals surface area contributed by atoms with Gasteiger partial charge in [-0.25, -0.2) is 17.7 Å². The zero-order valence-electron chi connectivity index (χ0n) is 14.1. The van der Waals surface area contributed by atoms with Crippen LogP contribution in [0.5, 0.6) is 5.75 Å². The van der Waals surface area contributed by atoms with Crippen molar-refractivity contribution >= 4 is 27.3 Å². The number of rotatable bonds is 6. The Kier molecular flexibility index (Phi) is 5.40. The fourth-order valence-electron chi connectivity index (χ4n) is 2.77. The zero-order valence-corrected chi connectivity index (χ0v) is 15.7. The summed E-state index contributed by atoms with van der Waals surface area (Å²) in [5.41, 5.74) is -0.878. The molecule has 27 heavy (non-hydrogen) atoms. The van der Waals surface area contributed by atoms with Crippen molar-refractivity contribution < 1.29 is 22.7 Å². The maximum absolute atomic E-state index is 13.6. The van der Waals surface area contributed by atoms with Gasteiger partial charge in [-0.15, -0.1) is 0 Å². The van der Waals surface area contributed by atoms with E-state index < -0.39 is 21.3 Å². The third-order valence-corrected chi connectivity index (χ3v) is 6.45. The molecule has 2 aromatic rings. The van der Waals surface area contributed by atoms with Crippen molar-refractivity contribution in [1.29, 1.82) is 0 Å².